The molecule has 1 aromatic rings. The van der Waals surface area contributed by atoms with Gasteiger partial charge in [0.15, 0.2) is 5.75 Å². The molecule has 2 aliphatic rings. The van der Waals surface area contributed by atoms with Gasteiger partial charge in [-0.3, -0.25) is 14.9 Å². The van der Waals surface area contributed by atoms with E-state index in [0.29, 0.717) is 0 Å². The highest BCUT2D eigenvalue weighted by Crippen LogP contribution is 2.52. The maximum Gasteiger partial charge on any atom is 0.312 e. The summed E-state index contributed by atoms with van der Waals surface area (Å²) in [7, 11) is 0. The van der Waals surface area contributed by atoms with Gasteiger partial charge in [-0.1, -0.05) is 12.8 Å². The van der Waals surface area contributed by atoms with Crippen LogP contribution in [-0.4, -0.2) is 16.8 Å². The molecule has 3 rings (SSSR count). The summed E-state index contributed by atoms with van der Waals surface area (Å²) in [5, 5.41) is 11.1. The van der Waals surface area contributed by atoms with E-state index in [9.17, 15) is 19.3 Å². The zero-order valence-electron chi connectivity index (χ0n) is 11.1. The summed E-state index contributed by atoms with van der Waals surface area (Å²) in [5.74, 6) is -0.573. The van der Waals surface area contributed by atoms with Crippen LogP contribution in [0.3, 0.4) is 0 Å². The molecule has 1 aromatic carbocycles. The van der Waals surface area contributed by atoms with Gasteiger partial charge in [0.25, 0.3) is 0 Å². The number of hydrogen-bond acceptors (Lipinski definition) is 4. The van der Waals surface area contributed by atoms with Crippen molar-refractivity contribution in [3.63, 3.8) is 0 Å². The third-order valence-corrected chi connectivity index (χ3v) is 5.11. The summed E-state index contributed by atoms with van der Waals surface area (Å²) < 4.78 is 19.3. The van der Waals surface area contributed by atoms with Crippen molar-refractivity contribution in [2.45, 2.75) is 38.2 Å². The first-order valence-corrected chi connectivity index (χ1v) is 7.57. The fourth-order valence-electron chi connectivity index (χ4n) is 3.29. The number of hydrogen-bond donors (Lipinski definition) is 0. The first kappa shape index (κ1) is 14.4. The SMILES string of the molecule is O=C1CC(Oc2cc(F)c(Br)cc2[N+](=O)[O-])C12CCCC2. The largest absolute Gasteiger partial charge is 0.482 e. The van der Waals surface area contributed by atoms with Crippen LogP contribution in [0.25, 0.3) is 0 Å². The van der Waals surface area contributed by atoms with Crippen molar-refractivity contribution in [3.8, 4) is 5.75 Å². The highest BCUT2D eigenvalue weighted by molar-refractivity contribution is 9.10. The summed E-state index contributed by atoms with van der Waals surface area (Å²) >= 11 is 2.93. The molecular weight excluding hydrogens is 345 g/mol. The molecule has 0 aliphatic heterocycles. The molecule has 0 N–H and O–H groups in total. The van der Waals surface area contributed by atoms with Crippen LogP contribution in [0.1, 0.15) is 32.1 Å². The third kappa shape index (κ3) is 2.23. The number of rotatable bonds is 3. The molecule has 2 saturated carbocycles. The molecule has 2 aliphatic carbocycles. The van der Waals surface area contributed by atoms with E-state index in [2.05, 4.69) is 15.9 Å². The van der Waals surface area contributed by atoms with Gasteiger partial charge in [0, 0.05) is 18.6 Å². The van der Waals surface area contributed by atoms with Gasteiger partial charge in [0.2, 0.25) is 0 Å². The van der Waals surface area contributed by atoms with E-state index >= 15 is 0 Å². The Morgan fingerprint density at radius 2 is 2.05 bits per heavy atom. The van der Waals surface area contributed by atoms with E-state index in [1.54, 1.807) is 0 Å². The van der Waals surface area contributed by atoms with Crippen LogP contribution in [0.15, 0.2) is 16.6 Å². The molecule has 0 saturated heterocycles. The van der Waals surface area contributed by atoms with Crippen LogP contribution in [0.5, 0.6) is 5.75 Å². The van der Waals surface area contributed by atoms with Gasteiger partial charge in [-0.05, 0) is 28.8 Å². The van der Waals surface area contributed by atoms with E-state index in [1.807, 2.05) is 0 Å². The molecule has 7 heteroatoms. The maximum absolute atomic E-state index is 13.6. The Balaban J connectivity index is 1.90. The number of halogens is 2. The van der Waals surface area contributed by atoms with Crippen molar-refractivity contribution in [2.24, 2.45) is 5.41 Å². The lowest BCUT2D eigenvalue weighted by molar-refractivity contribution is -0.386. The van der Waals surface area contributed by atoms with Gasteiger partial charge < -0.3 is 4.74 Å². The number of carbonyl (C=O) groups is 1. The second kappa shape index (κ2) is 5.05. The fraction of sp³-hybridized carbons (Fsp3) is 0.500. The van der Waals surface area contributed by atoms with Crippen LogP contribution < -0.4 is 4.74 Å². The minimum absolute atomic E-state index is 0.0156. The minimum atomic E-state index is -0.623. The third-order valence-electron chi connectivity index (χ3n) is 4.51. The van der Waals surface area contributed by atoms with Gasteiger partial charge in [-0.15, -0.1) is 0 Å². The standard InChI is InChI=1S/C14H13BrFNO4/c15-8-5-10(17(19)20)11(6-9(8)16)21-13-7-12(18)14(13)3-1-2-4-14/h5-6,13H,1-4,7H2. The van der Waals surface area contributed by atoms with Crippen molar-refractivity contribution in [2.75, 3.05) is 0 Å². The first-order valence-electron chi connectivity index (χ1n) is 6.77. The number of nitro groups is 1. The van der Waals surface area contributed by atoms with Gasteiger partial charge in [-0.2, -0.15) is 0 Å². The predicted molar refractivity (Wildman–Crippen MR) is 75.7 cm³/mol. The Morgan fingerprint density at radius 3 is 2.62 bits per heavy atom. The predicted octanol–water partition coefficient (Wildman–Crippen LogP) is 3.78. The van der Waals surface area contributed by atoms with Crippen LogP contribution in [0, 0.1) is 21.3 Å². The summed E-state index contributed by atoms with van der Waals surface area (Å²) in [5.41, 5.74) is -0.798. The molecule has 112 valence electrons. The molecule has 0 amide bonds. The smallest absolute Gasteiger partial charge is 0.312 e. The molecule has 0 radical (unpaired) electrons. The van der Waals surface area contributed by atoms with Gasteiger partial charge in [0.1, 0.15) is 17.7 Å². The monoisotopic (exact) mass is 357 g/mol. The summed E-state index contributed by atoms with van der Waals surface area (Å²) in [6, 6.07) is 2.10. The number of benzene rings is 1. The molecule has 1 atom stereocenters. The van der Waals surface area contributed by atoms with Crippen molar-refractivity contribution < 1.29 is 18.8 Å². The molecule has 1 unspecified atom stereocenters. The second-order valence-electron chi connectivity index (χ2n) is 5.59. The van der Waals surface area contributed by atoms with Crippen LogP contribution in [0.4, 0.5) is 10.1 Å². The molecule has 21 heavy (non-hydrogen) atoms. The van der Waals surface area contributed by atoms with Gasteiger partial charge >= 0.3 is 5.69 Å². The number of nitro benzene ring substituents is 1. The highest BCUT2D eigenvalue weighted by atomic mass is 79.9. The van der Waals surface area contributed by atoms with E-state index in [4.69, 9.17) is 4.74 Å². The van der Waals surface area contributed by atoms with Crippen molar-refractivity contribution in [1.29, 1.82) is 0 Å². The number of ketones is 1. The zero-order valence-corrected chi connectivity index (χ0v) is 12.7. The lowest BCUT2D eigenvalue weighted by Gasteiger charge is -2.44. The molecule has 5 nitrogen and oxygen atoms in total. The number of nitrogens with zero attached hydrogens (tertiary/aromatic N) is 1. The number of Topliss-reactive ketones (excluding diaryl/α,β-unsaturated/α-hetero) is 1. The second-order valence-corrected chi connectivity index (χ2v) is 6.44. The molecule has 0 heterocycles. The molecule has 1 spiro atoms. The van der Waals surface area contributed by atoms with Crippen molar-refractivity contribution in [3.05, 3.63) is 32.5 Å². The highest BCUT2D eigenvalue weighted by Gasteiger charge is 2.57. The topological polar surface area (TPSA) is 69.4 Å². The zero-order chi connectivity index (χ0) is 15.2. The summed E-state index contributed by atoms with van der Waals surface area (Å²) in [4.78, 5) is 22.4. The Hall–Kier alpha value is -1.50. The molecular formula is C14H13BrFNO4. The summed E-state index contributed by atoms with van der Waals surface area (Å²) in [6.07, 6.45) is 3.29. The normalized spacial score (nSPS) is 23.1. The van der Waals surface area contributed by atoms with Gasteiger partial charge in [-0.25, -0.2) is 4.39 Å². The number of carbonyl (C=O) groups excluding carboxylic acids is 1. The molecule has 0 bridgehead atoms. The van der Waals surface area contributed by atoms with Crippen molar-refractivity contribution >= 4 is 27.4 Å². The Kier molecular flexibility index (Phi) is 3.47. The van der Waals surface area contributed by atoms with E-state index in [-0.39, 0.29) is 34.2 Å². The average Bonchev–Trinajstić information content (AvgIpc) is 2.94. The Bertz CT molecular complexity index is 628. The molecule has 0 aromatic heterocycles. The van der Waals surface area contributed by atoms with Crippen LogP contribution >= 0.6 is 15.9 Å². The first-order chi connectivity index (χ1) is 9.94. The van der Waals surface area contributed by atoms with Crippen LogP contribution in [-0.2, 0) is 4.79 Å². The van der Waals surface area contributed by atoms with Gasteiger partial charge in [0.05, 0.1) is 14.8 Å². The quantitative estimate of drug-likeness (QED) is 0.609. The summed E-state index contributed by atoms with van der Waals surface area (Å²) in [6.45, 7) is 0. The minimum Gasteiger partial charge on any atom is -0.482 e. The van der Waals surface area contributed by atoms with E-state index in [1.165, 1.54) is 0 Å². The van der Waals surface area contributed by atoms with E-state index in [0.717, 1.165) is 37.8 Å². The average molecular weight is 358 g/mol. The van der Waals surface area contributed by atoms with E-state index < -0.39 is 16.2 Å². The maximum atomic E-state index is 13.6. The lowest BCUT2D eigenvalue weighted by atomic mass is 9.63. The van der Waals surface area contributed by atoms with Crippen LogP contribution in [0.2, 0.25) is 0 Å². The Morgan fingerprint density at radius 1 is 1.38 bits per heavy atom. The Labute approximate surface area is 128 Å². The molecule has 2 fully saturated rings. The fourth-order valence-corrected chi connectivity index (χ4v) is 3.62. The lowest BCUT2D eigenvalue weighted by Crippen LogP contribution is -2.55. The van der Waals surface area contributed by atoms with Crippen molar-refractivity contribution in [1.82, 2.24) is 0 Å². The number of ether oxygens (including phenoxy) is 1.